The predicted molar refractivity (Wildman–Crippen MR) is 71.3 cm³/mol. The molecule has 0 amide bonds. The maximum absolute atomic E-state index is 6.04. The molecule has 0 aliphatic carbocycles. The average Bonchev–Trinajstić information content (AvgIpc) is 2.31. The Labute approximate surface area is 110 Å². The molecule has 0 atom stereocenters. The molecule has 96 valence electrons. The minimum Gasteiger partial charge on any atom is -0.490 e. The summed E-state index contributed by atoms with van der Waals surface area (Å²) >= 11 is 6.04. The van der Waals surface area contributed by atoms with Gasteiger partial charge in [-0.2, -0.15) is 0 Å². The number of ether oxygens (including phenoxy) is 2. The van der Waals surface area contributed by atoms with E-state index in [1.54, 1.807) is 12.1 Å². The number of aromatic nitrogens is 2. The second-order valence-electron chi connectivity index (χ2n) is 3.55. The van der Waals surface area contributed by atoms with Gasteiger partial charge in [-0.25, -0.2) is 9.97 Å². The van der Waals surface area contributed by atoms with Gasteiger partial charge in [0.05, 0.1) is 18.7 Å². The normalized spacial score (nSPS) is 10.6. The molecule has 0 aliphatic heterocycles. The van der Waals surface area contributed by atoms with E-state index >= 15 is 0 Å². The number of nitrogens with two attached hydrogens (primary N) is 1. The molecule has 1 heterocycles. The average molecular weight is 268 g/mol. The van der Waals surface area contributed by atoms with Crippen molar-refractivity contribution in [3.8, 4) is 11.5 Å². The number of rotatable bonds is 4. The Bertz CT molecular complexity index is 575. The molecule has 0 aliphatic rings. The van der Waals surface area contributed by atoms with Gasteiger partial charge in [-0.3, -0.25) is 0 Å². The van der Waals surface area contributed by atoms with E-state index in [2.05, 4.69) is 9.97 Å². The standard InChI is InChI=1S/C12H14ClN3O2/c1-3-17-9-5-7-8(6-10(9)18-4-2)15-12(14)16-11(7)13/h5-6H,3-4H2,1-2H3,(H2,14,15,16). The zero-order valence-electron chi connectivity index (χ0n) is 10.2. The van der Waals surface area contributed by atoms with Crippen molar-refractivity contribution < 1.29 is 9.47 Å². The molecule has 6 heteroatoms. The molecule has 18 heavy (non-hydrogen) atoms. The Morgan fingerprint density at radius 2 is 1.72 bits per heavy atom. The second kappa shape index (κ2) is 5.27. The first-order chi connectivity index (χ1) is 8.65. The number of anilines is 1. The van der Waals surface area contributed by atoms with Crippen molar-refractivity contribution in [3.63, 3.8) is 0 Å². The Hall–Kier alpha value is -1.75. The third-order valence-electron chi connectivity index (χ3n) is 2.33. The van der Waals surface area contributed by atoms with Gasteiger partial charge in [-0.05, 0) is 19.9 Å². The first-order valence-electron chi connectivity index (χ1n) is 5.68. The van der Waals surface area contributed by atoms with Crippen LogP contribution in [0, 0.1) is 0 Å². The Kier molecular flexibility index (Phi) is 3.72. The number of hydrogen-bond acceptors (Lipinski definition) is 5. The van der Waals surface area contributed by atoms with Crippen molar-refractivity contribution in [2.24, 2.45) is 0 Å². The minimum absolute atomic E-state index is 0.138. The molecular weight excluding hydrogens is 254 g/mol. The highest BCUT2D eigenvalue weighted by Crippen LogP contribution is 2.34. The highest BCUT2D eigenvalue weighted by atomic mass is 35.5. The molecule has 1 aromatic carbocycles. The number of nitrogen functional groups attached to an aromatic ring is 1. The fourth-order valence-corrected chi connectivity index (χ4v) is 1.89. The maximum atomic E-state index is 6.04. The van der Waals surface area contributed by atoms with Crippen LogP contribution in [0.4, 0.5) is 5.95 Å². The molecule has 2 rings (SSSR count). The van der Waals surface area contributed by atoms with Gasteiger partial charge in [0.25, 0.3) is 0 Å². The summed E-state index contributed by atoms with van der Waals surface area (Å²) in [5, 5.41) is 0.999. The van der Waals surface area contributed by atoms with Gasteiger partial charge in [0, 0.05) is 11.5 Å². The van der Waals surface area contributed by atoms with Gasteiger partial charge in [0.15, 0.2) is 11.5 Å². The smallest absolute Gasteiger partial charge is 0.222 e. The monoisotopic (exact) mass is 267 g/mol. The first-order valence-corrected chi connectivity index (χ1v) is 6.05. The van der Waals surface area contributed by atoms with Crippen molar-refractivity contribution >= 4 is 28.5 Å². The summed E-state index contributed by atoms with van der Waals surface area (Å²) in [5.41, 5.74) is 6.21. The van der Waals surface area contributed by atoms with Crippen LogP contribution in [0.3, 0.4) is 0 Å². The summed E-state index contributed by atoms with van der Waals surface area (Å²) in [6, 6.07) is 3.53. The number of halogens is 1. The summed E-state index contributed by atoms with van der Waals surface area (Å²) in [5.74, 6) is 1.39. The molecule has 2 N–H and O–H groups in total. The van der Waals surface area contributed by atoms with Gasteiger partial charge in [0.1, 0.15) is 5.15 Å². The molecule has 2 aromatic rings. The predicted octanol–water partition coefficient (Wildman–Crippen LogP) is 2.66. The summed E-state index contributed by atoms with van der Waals surface area (Å²) in [4.78, 5) is 8.04. The SMILES string of the molecule is CCOc1cc2nc(N)nc(Cl)c2cc1OCC. The highest BCUT2D eigenvalue weighted by Gasteiger charge is 2.11. The van der Waals surface area contributed by atoms with Crippen LogP contribution < -0.4 is 15.2 Å². The van der Waals surface area contributed by atoms with Gasteiger partial charge >= 0.3 is 0 Å². The van der Waals surface area contributed by atoms with Crippen LogP contribution in [-0.2, 0) is 0 Å². The van der Waals surface area contributed by atoms with Crippen LogP contribution in [0.2, 0.25) is 5.15 Å². The third-order valence-corrected chi connectivity index (χ3v) is 2.62. The molecule has 0 saturated heterocycles. The summed E-state index contributed by atoms with van der Waals surface area (Å²) in [6.07, 6.45) is 0. The van der Waals surface area contributed by atoms with Crippen LogP contribution in [0.15, 0.2) is 12.1 Å². The fraction of sp³-hybridized carbons (Fsp3) is 0.333. The maximum Gasteiger partial charge on any atom is 0.222 e. The van der Waals surface area contributed by atoms with E-state index in [0.717, 1.165) is 0 Å². The van der Waals surface area contributed by atoms with E-state index in [-0.39, 0.29) is 5.95 Å². The quantitative estimate of drug-likeness (QED) is 0.863. The molecule has 5 nitrogen and oxygen atoms in total. The lowest BCUT2D eigenvalue weighted by Crippen LogP contribution is -2.00. The number of nitrogens with zero attached hydrogens (tertiary/aromatic N) is 2. The molecular formula is C12H14ClN3O2. The summed E-state index contributed by atoms with van der Waals surface area (Å²) in [7, 11) is 0. The molecule has 1 aromatic heterocycles. The number of benzene rings is 1. The van der Waals surface area contributed by atoms with E-state index < -0.39 is 0 Å². The molecule has 0 spiro atoms. The highest BCUT2D eigenvalue weighted by molar-refractivity contribution is 6.34. The summed E-state index contributed by atoms with van der Waals surface area (Å²) < 4.78 is 11.0. The first kappa shape index (κ1) is 12.7. The second-order valence-corrected chi connectivity index (χ2v) is 3.91. The van der Waals surface area contributed by atoms with Crippen LogP contribution in [-0.4, -0.2) is 23.2 Å². The van der Waals surface area contributed by atoms with Crippen molar-refractivity contribution in [2.75, 3.05) is 18.9 Å². The van der Waals surface area contributed by atoms with Crippen LogP contribution >= 0.6 is 11.6 Å². The van der Waals surface area contributed by atoms with E-state index in [1.165, 1.54) is 0 Å². The summed E-state index contributed by atoms with van der Waals surface area (Å²) in [6.45, 7) is 4.89. The van der Waals surface area contributed by atoms with Gasteiger partial charge in [-0.15, -0.1) is 0 Å². The lowest BCUT2D eigenvalue weighted by Gasteiger charge is -2.12. The molecule has 0 fully saturated rings. The minimum atomic E-state index is 0.138. The molecule has 0 saturated carbocycles. The Balaban J connectivity index is 2.63. The number of hydrogen-bond donors (Lipinski definition) is 1. The van der Waals surface area contributed by atoms with Crippen LogP contribution in [0.25, 0.3) is 10.9 Å². The molecule has 0 radical (unpaired) electrons. The van der Waals surface area contributed by atoms with Gasteiger partial charge < -0.3 is 15.2 Å². The lowest BCUT2D eigenvalue weighted by atomic mass is 10.2. The van der Waals surface area contributed by atoms with Crippen molar-refractivity contribution in [2.45, 2.75) is 13.8 Å². The Morgan fingerprint density at radius 1 is 1.11 bits per heavy atom. The largest absolute Gasteiger partial charge is 0.490 e. The van der Waals surface area contributed by atoms with Crippen molar-refractivity contribution in [3.05, 3.63) is 17.3 Å². The topological polar surface area (TPSA) is 70.3 Å². The van der Waals surface area contributed by atoms with Gasteiger partial charge in [-0.1, -0.05) is 11.6 Å². The van der Waals surface area contributed by atoms with E-state index in [9.17, 15) is 0 Å². The molecule has 0 bridgehead atoms. The number of fused-ring (bicyclic) bond motifs is 1. The van der Waals surface area contributed by atoms with Crippen LogP contribution in [0.5, 0.6) is 11.5 Å². The van der Waals surface area contributed by atoms with Crippen LogP contribution in [0.1, 0.15) is 13.8 Å². The lowest BCUT2D eigenvalue weighted by molar-refractivity contribution is 0.288. The Morgan fingerprint density at radius 3 is 2.33 bits per heavy atom. The van der Waals surface area contributed by atoms with Gasteiger partial charge in [0.2, 0.25) is 5.95 Å². The van der Waals surface area contributed by atoms with E-state index in [4.69, 9.17) is 26.8 Å². The van der Waals surface area contributed by atoms with E-state index in [1.807, 2.05) is 13.8 Å². The fourth-order valence-electron chi connectivity index (χ4n) is 1.65. The zero-order chi connectivity index (χ0) is 13.1. The van der Waals surface area contributed by atoms with E-state index in [0.29, 0.717) is 40.8 Å². The van der Waals surface area contributed by atoms with Crippen molar-refractivity contribution in [1.29, 1.82) is 0 Å². The van der Waals surface area contributed by atoms with Crippen molar-refractivity contribution in [1.82, 2.24) is 9.97 Å². The third kappa shape index (κ3) is 2.41. The zero-order valence-corrected chi connectivity index (χ0v) is 11.0. The molecule has 0 unspecified atom stereocenters.